The molecule has 1 amide bonds. The number of aryl methyl sites for hydroxylation is 1. The van der Waals surface area contributed by atoms with Gasteiger partial charge in [-0.2, -0.15) is 0 Å². The lowest BCUT2D eigenvalue weighted by molar-refractivity contribution is -0.122. The van der Waals surface area contributed by atoms with E-state index in [1.165, 1.54) is 0 Å². The van der Waals surface area contributed by atoms with Gasteiger partial charge in [-0.3, -0.25) is 9.10 Å². The van der Waals surface area contributed by atoms with Gasteiger partial charge in [0, 0.05) is 11.6 Å². The Bertz CT molecular complexity index is 946. The van der Waals surface area contributed by atoms with Crippen molar-refractivity contribution >= 4 is 33.2 Å². The zero-order valence-electron chi connectivity index (χ0n) is 17.1. The monoisotopic (exact) mass is 438 g/mol. The number of hydrogen-bond donors (Lipinski definition) is 1. The van der Waals surface area contributed by atoms with Gasteiger partial charge >= 0.3 is 0 Å². The Kier molecular flexibility index (Phi) is 7.93. The topological polar surface area (TPSA) is 75.7 Å². The second-order valence-electron chi connectivity index (χ2n) is 6.71. The lowest BCUT2D eigenvalue weighted by Gasteiger charge is -2.31. The molecule has 0 saturated carbocycles. The minimum absolute atomic E-state index is 0.286. The highest BCUT2D eigenvalue weighted by Crippen LogP contribution is 2.29. The van der Waals surface area contributed by atoms with Gasteiger partial charge in [0.1, 0.15) is 11.8 Å². The molecule has 0 unspecified atom stereocenters. The Balaban J connectivity index is 2.23. The van der Waals surface area contributed by atoms with Gasteiger partial charge in [0.2, 0.25) is 15.9 Å². The van der Waals surface area contributed by atoms with Crippen LogP contribution in [0, 0.1) is 6.92 Å². The second-order valence-corrected chi connectivity index (χ2v) is 9.00. The predicted octanol–water partition coefficient (Wildman–Crippen LogP) is 3.91. The molecule has 0 fully saturated rings. The summed E-state index contributed by atoms with van der Waals surface area (Å²) in [7, 11) is -3.71. The van der Waals surface area contributed by atoms with Gasteiger partial charge in [0.25, 0.3) is 0 Å². The number of benzene rings is 2. The first-order valence-corrected chi connectivity index (χ1v) is 11.6. The van der Waals surface area contributed by atoms with Crippen LogP contribution in [0.15, 0.2) is 42.5 Å². The summed E-state index contributed by atoms with van der Waals surface area (Å²) in [6, 6.07) is 11.5. The number of amides is 1. The van der Waals surface area contributed by atoms with Crippen molar-refractivity contribution in [3.63, 3.8) is 0 Å². The van der Waals surface area contributed by atoms with Crippen LogP contribution in [0.2, 0.25) is 5.02 Å². The van der Waals surface area contributed by atoms with Gasteiger partial charge in [-0.15, -0.1) is 0 Å². The maximum Gasteiger partial charge on any atom is 0.244 e. The first-order chi connectivity index (χ1) is 13.7. The molecule has 29 heavy (non-hydrogen) atoms. The van der Waals surface area contributed by atoms with Crippen molar-refractivity contribution in [1.29, 1.82) is 0 Å². The molecule has 0 radical (unpaired) electrons. The summed E-state index contributed by atoms with van der Waals surface area (Å²) < 4.78 is 31.7. The van der Waals surface area contributed by atoms with E-state index in [-0.39, 0.29) is 12.5 Å². The molecule has 8 heteroatoms. The van der Waals surface area contributed by atoms with E-state index >= 15 is 0 Å². The van der Waals surface area contributed by atoms with Crippen molar-refractivity contribution in [3.05, 3.63) is 58.6 Å². The lowest BCUT2D eigenvalue weighted by Crippen LogP contribution is -2.49. The molecule has 1 atom stereocenters. The van der Waals surface area contributed by atoms with Crippen LogP contribution in [0.25, 0.3) is 0 Å². The normalized spacial score (nSPS) is 12.3. The van der Waals surface area contributed by atoms with E-state index in [4.69, 9.17) is 16.3 Å². The van der Waals surface area contributed by atoms with Crippen molar-refractivity contribution in [3.8, 4) is 5.75 Å². The molecular formula is C21H27ClN2O4S. The van der Waals surface area contributed by atoms with Gasteiger partial charge in [-0.05, 0) is 55.7 Å². The molecule has 2 aromatic rings. The van der Waals surface area contributed by atoms with Crippen molar-refractivity contribution in [2.45, 2.75) is 39.8 Å². The van der Waals surface area contributed by atoms with E-state index < -0.39 is 16.1 Å². The molecule has 158 valence electrons. The average molecular weight is 439 g/mol. The SMILES string of the molecule is CCOc1ccc(CNC(=O)[C@H](CC)N(c2cc(Cl)ccc2C)S(C)(=O)=O)cc1. The second kappa shape index (κ2) is 9.98. The molecule has 2 aromatic carbocycles. The smallest absolute Gasteiger partial charge is 0.244 e. The van der Waals surface area contributed by atoms with Crippen molar-refractivity contribution in [2.24, 2.45) is 0 Å². The van der Waals surface area contributed by atoms with Gasteiger partial charge in [0.15, 0.2) is 0 Å². The van der Waals surface area contributed by atoms with E-state index in [9.17, 15) is 13.2 Å². The van der Waals surface area contributed by atoms with Crippen LogP contribution in [0.4, 0.5) is 5.69 Å². The standard InChI is InChI=1S/C21H27ClN2O4S/c1-5-19(21(25)23-14-16-8-11-18(12-9-16)28-6-2)24(29(4,26)27)20-13-17(22)10-7-15(20)3/h7-13,19H,5-6,14H2,1-4H3,(H,23,25)/t19-/m0/s1. The summed E-state index contributed by atoms with van der Waals surface area (Å²) in [6.45, 7) is 6.34. The van der Waals surface area contributed by atoms with Crippen molar-refractivity contribution in [1.82, 2.24) is 5.32 Å². The van der Waals surface area contributed by atoms with Crippen LogP contribution >= 0.6 is 11.6 Å². The summed E-state index contributed by atoms with van der Waals surface area (Å²) in [5.74, 6) is 0.389. The summed E-state index contributed by atoms with van der Waals surface area (Å²) in [4.78, 5) is 12.9. The summed E-state index contributed by atoms with van der Waals surface area (Å²) in [6.07, 6.45) is 1.41. The fraction of sp³-hybridized carbons (Fsp3) is 0.381. The first-order valence-electron chi connectivity index (χ1n) is 9.42. The highest BCUT2D eigenvalue weighted by atomic mass is 35.5. The molecule has 0 aliphatic rings. The molecule has 0 aliphatic heterocycles. The summed E-state index contributed by atoms with van der Waals surface area (Å²) in [5.41, 5.74) is 2.02. The molecule has 0 spiro atoms. The minimum Gasteiger partial charge on any atom is -0.494 e. The Morgan fingerprint density at radius 3 is 2.38 bits per heavy atom. The van der Waals surface area contributed by atoms with Crippen LogP contribution in [0.1, 0.15) is 31.4 Å². The third kappa shape index (κ3) is 6.11. The molecule has 0 saturated heterocycles. The molecule has 6 nitrogen and oxygen atoms in total. The van der Waals surface area contributed by atoms with E-state index in [0.717, 1.165) is 27.4 Å². The summed E-state index contributed by atoms with van der Waals surface area (Å²) in [5, 5.41) is 3.25. The summed E-state index contributed by atoms with van der Waals surface area (Å²) >= 11 is 6.08. The highest BCUT2D eigenvalue weighted by molar-refractivity contribution is 7.92. The van der Waals surface area contributed by atoms with Crippen LogP contribution in [0.5, 0.6) is 5.75 Å². The molecule has 0 aromatic heterocycles. The number of carbonyl (C=O) groups excluding carboxylic acids is 1. The van der Waals surface area contributed by atoms with Gasteiger partial charge in [-0.25, -0.2) is 8.42 Å². The maximum absolute atomic E-state index is 12.9. The van der Waals surface area contributed by atoms with Crippen LogP contribution in [-0.2, 0) is 21.4 Å². The number of ether oxygens (including phenoxy) is 1. The van der Waals surface area contributed by atoms with Crippen LogP contribution in [0.3, 0.4) is 0 Å². The first kappa shape index (κ1) is 23.0. The Hall–Kier alpha value is -2.25. The number of nitrogens with zero attached hydrogens (tertiary/aromatic N) is 1. The largest absolute Gasteiger partial charge is 0.494 e. The van der Waals surface area contributed by atoms with Crippen LogP contribution < -0.4 is 14.4 Å². The van der Waals surface area contributed by atoms with Gasteiger partial charge in [0.05, 0.1) is 18.6 Å². The fourth-order valence-corrected chi connectivity index (χ4v) is 4.46. The third-order valence-corrected chi connectivity index (χ3v) is 5.84. The Labute approximate surface area is 177 Å². The van der Waals surface area contributed by atoms with E-state index in [1.807, 2.05) is 31.2 Å². The van der Waals surface area contributed by atoms with E-state index in [0.29, 0.717) is 23.7 Å². The number of nitrogens with one attached hydrogen (secondary N) is 1. The van der Waals surface area contributed by atoms with E-state index in [1.54, 1.807) is 32.0 Å². The fourth-order valence-electron chi connectivity index (χ4n) is 3.03. The maximum atomic E-state index is 12.9. The quantitative estimate of drug-likeness (QED) is 0.644. The predicted molar refractivity (Wildman–Crippen MR) is 117 cm³/mol. The van der Waals surface area contributed by atoms with Gasteiger partial charge < -0.3 is 10.1 Å². The molecular weight excluding hydrogens is 412 g/mol. The van der Waals surface area contributed by atoms with Crippen LogP contribution in [-0.4, -0.2) is 33.2 Å². The molecule has 0 heterocycles. The highest BCUT2D eigenvalue weighted by Gasteiger charge is 2.32. The molecule has 2 rings (SSSR count). The minimum atomic E-state index is -3.71. The Morgan fingerprint density at radius 2 is 1.83 bits per heavy atom. The van der Waals surface area contributed by atoms with Gasteiger partial charge in [-0.1, -0.05) is 36.7 Å². The van der Waals surface area contributed by atoms with E-state index in [2.05, 4.69) is 5.32 Å². The van der Waals surface area contributed by atoms with Crippen molar-refractivity contribution in [2.75, 3.05) is 17.2 Å². The number of hydrogen-bond acceptors (Lipinski definition) is 4. The number of carbonyl (C=O) groups is 1. The van der Waals surface area contributed by atoms with Crippen molar-refractivity contribution < 1.29 is 17.9 Å². The number of halogens is 1. The molecule has 0 bridgehead atoms. The third-order valence-electron chi connectivity index (χ3n) is 4.44. The number of anilines is 1. The Morgan fingerprint density at radius 1 is 1.17 bits per heavy atom. The lowest BCUT2D eigenvalue weighted by atomic mass is 10.1. The zero-order chi connectivity index (χ0) is 21.6. The average Bonchev–Trinajstić information content (AvgIpc) is 2.66. The number of sulfonamides is 1. The molecule has 0 aliphatic carbocycles. The zero-order valence-corrected chi connectivity index (χ0v) is 18.7. The molecule has 1 N–H and O–H groups in total. The number of rotatable bonds is 9.